The number of nitrogens with one attached hydrogen (secondary N) is 1. The highest BCUT2D eigenvalue weighted by Gasteiger charge is 2.20. The summed E-state index contributed by atoms with van der Waals surface area (Å²) in [6, 6.07) is -0.196. The lowest BCUT2D eigenvalue weighted by molar-refractivity contribution is -0.142. The Morgan fingerprint density at radius 2 is 1.94 bits per heavy atom. The van der Waals surface area contributed by atoms with Gasteiger partial charge in [0, 0.05) is 20.1 Å². The van der Waals surface area contributed by atoms with Crippen molar-refractivity contribution in [1.29, 1.82) is 0 Å². The molecule has 0 radical (unpaired) electrons. The van der Waals surface area contributed by atoms with Crippen molar-refractivity contribution in [3.05, 3.63) is 0 Å². The lowest BCUT2D eigenvalue weighted by Gasteiger charge is -2.20. The smallest absolute Gasteiger partial charge is 0.317 e. The first-order valence-electron chi connectivity index (χ1n) is 6.60. The lowest BCUT2D eigenvalue weighted by Crippen LogP contribution is -2.41. The Kier molecular flexibility index (Phi) is 8.16. The van der Waals surface area contributed by atoms with Gasteiger partial charge in [-0.05, 0) is 18.8 Å². The summed E-state index contributed by atoms with van der Waals surface area (Å²) in [6.07, 6.45) is 2.56. The number of amides is 2. The van der Waals surface area contributed by atoms with E-state index >= 15 is 0 Å². The molecule has 2 N–H and O–H groups in total. The zero-order valence-electron chi connectivity index (χ0n) is 11.9. The number of hydrogen-bond donors (Lipinski definition) is 2. The molecule has 2 amide bonds. The van der Waals surface area contributed by atoms with Gasteiger partial charge in [-0.15, -0.1) is 0 Å². The molecule has 0 aromatic heterocycles. The number of carbonyl (C=O) groups excluding carboxylic acids is 1. The van der Waals surface area contributed by atoms with E-state index in [9.17, 15) is 9.59 Å². The molecule has 1 atom stereocenters. The van der Waals surface area contributed by atoms with Crippen LogP contribution in [0.4, 0.5) is 4.79 Å². The lowest BCUT2D eigenvalue weighted by atomic mass is 9.97. The molecule has 0 rings (SSSR count). The monoisotopic (exact) mass is 258 g/mol. The zero-order valence-corrected chi connectivity index (χ0v) is 11.9. The fourth-order valence-corrected chi connectivity index (χ4v) is 1.68. The maximum Gasteiger partial charge on any atom is 0.317 e. The van der Waals surface area contributed by atoms with Crippen LogP contribution in [0.15, 0.2) is 0 Å². The minimum atomic E-state index is -0.847. The van der Waals surface area contributed by atoms with E-state index in [-0.39, 0.29) is 12.6 Å². The molecule has 0 spiro atoms. The Labute approximate surface area is 110 Å². The SMILES string of the molecule is CCCCN(C)C(=O)NCC(CC(C)C)C(=O)O. The second-order valence-corrected chi connectivity index (χ2v) is 5.13. The predicted molar refractivity (Wildman–Crippen MR) is 71.5 cm³/mol. The summed E-state index contributed by atoms with van der Waals surface area (Å²) < 4.78 is 0. The van der Waals surface area contributed by atoms with Gasteiger partial charge in [-0.1, -0.05) is 27.2 Å². The molecule has 5 heteroatoms. The normalized spacial score (nSPS) is 12.3. The van der Waals surface area contributed by atoms with Crippen molar-refractivity contribution >= 4 is 12.0 Å². The average Bonchev–Trinajstić information content (AvgIpc) is 2.30. The van der Waals surface area contributed by atoms with Crippen molar-refractivity contribution in [2.45, 2.75) is 40.0 Å². The molecular weight excluding hydrogens is 232 g/mol. The average molecular weight is 258 g/mol. The summed E-state index contributed by atoms with van der Waals surface area (Å²) in [5.41, 5.74) is 0. The molecule has 106 valence electrons. The van der Waals surface area contributed by atoms with Gasteiger partial charge in [0.05, 0.1) is 5.92 Å². The number of carbonyl (C=O) groups is 2. The van der Waals surface area contributed by atoms with Gasteiger partial charge in [-0.25, -0.2) is 4.79 Å². The summed E-state index contributed by atoms with van der Waals surface area (Å²) in [5, 5.41) is 11.7. The quantitative estimate of drug-likeness (QED) is 0.701. The Balaban J connectivity index is 4.10. The van der Waals surface area contributed by atoms with Crippen molar-refractivity contribution in [1.82, 2.24) is 10.2 Å². The van der Waals surface area contributed by atoms with Crippen LogP contribution < -0.4 is 5.32 Å². The van der Waals surface area contributed by atoms with Crippen molar-refractivity contribution in [3.63, 3.8) is 0 Å². The molecular formula is C13H26N2O3. The highest BCUT2D eigenvalue weighted by Crippen LogP contribution is 2.11. The fraction of sp³-hybridized carbons (Fsp3) is 0.846. The van der Waals surface area contributed by atoms with E-state index in [1.165, 1.54) is 0 Å². The number of unbranched alkanes of at least 4 members (excludes halogenated alkanes) is 1. The Hall–Kier alpha value is -1.26. The maximum atomic E-state index is 11.7. The van der Waals surface area contributed by atoms with Crippen molar-refractivity contribution in [3.8, 4) is 0 Å². The standard InChI is InChI=1S/C13H26N2O3/c1-5-6-7-15(4)13(18)14-9-11(12(16)17)8-10(2)3/h10-11H,5-9H2,1-4H3,(H,14,18)(H,16,17). The highest BCUT2D eigenvalue weighted by atomic mass is 16.4. The van der Waals surface area contributed by atoms with Crippen LogP contribution in [0.5, 0.6) is 0 Å². The first-order valence-corrected chi connectivity index (χ1v) is 6.60. The van der Waals surface area contributed by atoms with E-state index in [0.717, 1.165) is 12.8 Å². The summed E-state index contributed by atoms with van der Waals surface area (Å²) in [6.45, 7) is 6.91. The van der Waals surface area contributed by atoms with Gasteiger partial charge in [0.15, 0.2) is 0 Å². The molecule has 0 aromatic rings. The molecule has 0 heterocycles. The van der Waals surface area contributed by atoms with E-state index in [4.69, 9.17) is 5.11 Å². The number of carboxylic acid groups (broad SMARTS) is 1. The third-order valence-electron chi connectivity index (χ3n) is 2.80. The van der Waals surface area contributed by atoms with Gasteiger partial charge in [-0.2, -0.15) is 0 Å². The van der Waals surface area contributed by atoms with E-state index < -0.39 is 11.9 Å². The largest absolute Gasteiger partial charge is 0.481 e. The molecule has 0 aliphatic carbocycles. The molecule has 1 unspecified atom stereocenters. The van der Waals surface area contributed by atoms with Gasteiger partial charge in [0.2, 0.25) is 0 Å². The second-order valence-electron chi connectivity index (χ2n) is 5.13. The Bertz CT molecular complexity index is 267. The topological polar surface area (TPSA) is 69.6 Å². The van der Waals surface area contributed by atoms with Crippen LogP contribution >= 0.6 is 0 Å². The maximum absolute atomic E-state index is 11.7. The number of aliphatic carboxylic acids is 1. The second kappa shape index (κ2) is 8.78. The molecule has 5 nitrogen and oxygen atoms in total. The van der Waals surface area contributed by atoms with E-state index in [1.54, 1.807) is 11.9 Å². The van der Waals surface area contributed by atoms with E-state index in [0.29, 0.717) is 18.9 Å². The number of carboxylic acids is 1. The fourth-order valence-electron chi connectivity index (χ4n) is 1.68. The summed E-state index contributed by atoms with van der Waals surface area (Å²) in [7, 11) is 1.73. The molecule has 0 bridgehead atoms. The first-order chi connectivity index (χ1) is 8.38. The minimum absolute atomic E-state index is 0.196. The number of hydrogen-bond acceptors (Lipinski definition) is 2. The third kappa shape index (κ3) is 7.14. The molecule has 0 aromatic carbocycles. The van der Waals surface area contributed by atoms with Crippen molar-refractivity contribution < 1.29 is 14.7 Å². The highest BCUT2D eigenvalue weighted by molar-refractivity contribution is 5.75. The van der Waals surface area contributed by atoms with Crippen LogP contribution in [0.2, 0.25) is 0 Å². The molecule has 0 saturated carbocycles. The Morgan fingerprint density at radius 1 is 1.33 bits per heavy atom. The minimum Gasteiger partial charge on any atom is -0.481 e. The van der Waals surface area contributed by atoms with Crippen LogP contribution in [0.1, 0.15) is 40.0 Å². The molecule has 0 aliphatic heterocycles. The molecule has 18 heavy (non-hydrogen) atoms. The Morgan fingerprint density at radius 3 is 2.39 bits per heavy atom. The molecule has 0 fully saturated rings. The molecule has 0 saturated heterocycles. The van der Waals surface area contributed by atoms with Gasteiger partial charge in [0.1, 0.15) is 0 Å². The predicted octanol–water partition coefficient (Wildman–Crippen LogP) is 2.17. The van der Waals surface area contributed by atoms with Crippen LogP contribution in [0.3, 0.4) is 0 Å². The molecule has 0 aliphatic rings. The van der Waals surface area contributed by atoms with E-state index in [2.05, 4.69) is 12.2 Å². The van der Waals surface area contributed by atoms with Gasteiger partial charge in [0.25, 0.3) is 0 Å². The number of rotatable bonds is 8. The third-order valence-corrected chi connectivity index (χ3v) is 2.80. The van der Waals surface area contributed by atoms with Crippen LogP contribution in [0, 0.1) is 11.8 Å². The summed E-state index contributed by atoms with van der Waals surface area (Å²) >= 11 is 0. The van der Waals surface area contributed by atoms with E-state index in [1.807, 2.05) is 13.8 Å². The number of nitrogens with zero attached hydrogens (tertiary/aromatic N) is 1. The summed E-state index contributed by atoms with van der Waals surface area (Å²) in [5.74, 6) is -1.05. The van der Waals surface area contributed by atoms with Gasteiger partial charge >= 0.3 is 12.0 Å². The van der Waals surface area contributed by atoms with Crippen LogP contribution in [-0.2, 0) is 4.79 Å². The zero-order chi connectivity index (χ0) is 14.1. The van der Waals surface area contributed by atoms with Gasteiger partial charge in [-0.3, -0.25) is 4.79 Å². The first kappa shape index (κ1) is 16.7. The van der Waals surface area contributed by atoms with Gasteiger partial charge < -0.3 is 15.3 Å². The summed E-state index contributed by atoms with van der Waals surface area (Å²) in [4.78, 5) is 24.3. The van der Waals surface area contributed by atoms with Crippen LogP contribution in [0.25, 0.3) is 0 Å². The van der Waals surface area contributed by atoms with Crippen molar-refractivity contribution in [2.75, 3.05) is 20.1 Å². The number of urea groups is 1. The van der Waals surface area contributed by atoms with Crippen molar-refractivity contribution in [2.24, 2.45) is 11.8 Å². The van der Waals surface area contributed by atoms with Crippen LogP contribution in [-0.4, -0.2) is 42.1 Å².